The number of aromatic nitrogens is 1. The van der Waals surface area contributed by atoms with Gasteiger partial charge in [0.25, 0.3) is 5.91 Å². The van der Waals surface area contributed by atoms with Gasteiger partial charge in [0.15, 0.2) is 0 Å². The van der Waals surface area contributed by atoms with E-state index >= 15 is 0 Å². The first kappa shape index (κ1) is 32.5. The average Bonchev–Trinajstić information content (AvgIpc) is 3.84. The maximum absolute atomic E-state index is 14.2. The van der Waals surface area contributed by atoms with E-state index in [9.17, 15) is 9.59 Å². The molecule has 1 aliphatic heterocycles. The molecule has 6 rings (SSSR count). The number of hydrogen-bond donors (Lipinski definition) is 1. The molecule has 0 unspecified atom stereocenters. The molecule has 5 nitrogen and oxygen atoms in total. The van der Waals surface area contributed by atoms with Crippen molar-refractivity contribution in [3.05, 3.63) is 102 Å². The van der Waals surface area contributed by atoms with Crippen LogP contribution in [0.4, 0.5) is 0 Å². The van der Waals surface area contributed by atoms with Gasteiger partial charge in [0, 0.05) is 36.0 Å². The molecule has 2 aliphatic rings. The third-order valence-corrected chi connectivity index (χ3v) is 7.33. The van der Waals surface area contributed by atoms with E-state index in [0.29, 0.717) is 31.0 Å². The Labute approximate surface area is 252 Å². The minimum absolute atomic E-state index is 0.0351. The minimum atomic E-state index is -0.104. The smallest absolute Gasteiger partial charge is 0.252 e. The Morgan fingerprint density at radius 3 is 2.05 bits per heavy atom. The van der Waals surface area contributed by atoms with Crippen LogP contribution in [0.5, 0.6) is 0 Å². The van der Waals surface area contributed by atoms with Gasteiger partial charge in [0.2, 0.25) is 5.91 Å². The zero-order valence-electron chi connectivity index (χ0n) is 26.2. The van der Waals surface area contributed by atoms with E-state index < -0.39 is 0 Å². The summed E-state index contributed by atoms with van der Waals surface area (Å²) in [5.41, 5.74) is 5.06. The molecule has 1 atom stereocenters. The highest BCUT2D eigenvalue weighted by Gasteiger charge is 2.35. The normalized spacial score (nSPS) is 14.4. The molecule has 1 saturated carbocycles. The number of benzene rings is 3. The van der Waals surface area contributed by atoms with Crippen molar-refractivity contribution in [1.82, 2.24) is 15.2 Å². The Kier molecular flexibility index (Phi) is 12.7. The van der Waals surface area contributed by atoms with E-state index in [2.05, 4.69) is 17.4 Å². The van der Waals surface area contributed by atoms with Crippen LogP contribution in [-0.2, 0) is 11.3 Å². The second kappa shape index (κ2) is 16.5. The molecular formula is C37H47N3O2. The summed E-state index contributed by atoms with van der Waals surface area (Å²) < 4.78 is 0. The van der Waals surface area contributed by atoms with E-state index in [1.54, 1.807) is 0 Å². The molecule has 222 valence electrons. The summed E-state index contributed by atoms with van der Waals surface area (Å²) >= 11 is 0. The molecule has 2 amide bonds. The largest absolute Gasteiger partial charge is 0.345 e. The standard InChI is InChI=1S/C31H29N3O2.3C2H6/c35-27-16-9-19-34(27)20-25-28(31(36)33-29(23-17-18-23)21-10-3-1-4-11-21)24-14-7-8-15-26(24)32-30(25)22-12-5-2-6-13-22;3*1-2/h1-8,10-15,23,29H,9,16-20H2,(H,33,36);3*1-2H3/t29-;;;/m1.../s1. The second-order valence-corrected chi connectivity index (χ2v) is 9.82. The SMILES string of the molecule is CC.CC.CC.O=C(N[C@H](c1ccccc1)C1CC1)c1c(CN2CCCC2=O)c(-c2ccccc2)nc2ccccc12. The van der Waals surface area contributed by atoms with E-state index in [1.165, 1.54) is 0 Å². The zero-order chi connectivity index (χ0) is 30.5. The highest BCUT2D eigenvalue weighted by molar-refractivity contribution is 6.09. The third kappa shape index (κ3) is 7.64. The fourth-order valence-corrected chi connectivity index (χ4v) is 5.34. The fraction of sp³-hybridized carbons (Fsp3) is 0.378. The molecule has 5 heteroatoms. The molecule has 0 radical (unpaired) electrons. The van der Waals surface area contributed by atoms with Crippen molar-refractivity contribution < 1.29 is 9.59 Å². The van der Waals surface area contributed by atoms with E-state index in [-0.39, 0.29) is 17.9 Å². The number of pyridine rings is 1. The number of carbonyl (C=O) groups is 2. The Balaban J connectivity index is 0.000000760. The number of hydrogen-bond acceptors (Lipinski definition) is 3. The molecule has 0 bridgehead atoms. The molecule has 1 saturated heterocycles. The van der Waals surface area contributed by atoms with Crippen molar-refractivity contribution in [2.75, 3.05) is 6.54 Å². The van der Waals surface area contributed by atoms with Gasteiger partial charge in [-0.2, -0.15) is 0 Å². The number of fused-ring (bicyclic) bond motifs is 1. The van der Waals surface area contributed by atoms with Gasteiger partial charge < -0.3 is 10.2 Å². The lowest BCUT2D eigenvalue weighted by atomic mass is 9.94. The summed E-state index contributed by atoms with van der Waals surface area (Å²) in [4.78, 5) is 33.7. The Bertz CT molecular complexity index is 1420. The predicted molar refractivity (Wildman–Crippen MR) is 175 cm³/mol. The van der Waals surface area contributed by atoms with Crippen LogP contribution in [-0.4, -0.2) is 28.2 Å². The van der Waals surface area contributed by atoms with Crippen molar-refractivity contribution in [3.8, 4) is 11.3 Å². The number of nitrogens with zero attached hydrogens (tertiary/aromatic N) is 2. The van der Waals surface area contributed by atoms with Crippen molar-refractivity contribution in [3.63, 3.8) is 0 Å². The van der Waals surface area contributed by atoms with Crippen molar-refractivity contribution >= 4 is 22.7 Å². The third-order valence-electron chi connectivity index (χ3n) is 7.33. The molecule has 1 aliphatic carbocycles. The van der Waals surface area contributed by atoms with Crippen LogP contribution < -0.4 is 5.32 Å². The van der Waals surface area contributed by atoms with Gasteiger partial charge in [-0.05, 0) is 36.8 Å². The number of rotatable bonds is 7. The Morgan fingerprint density at radius 1 is 0.857 bits per heavy atom. The van der Waals surface area contributed by atoms with Crippen LogP contribution in [0.25, 0.3) is 22.2 Å². The minimum Gasteiger partial charge on any atom is -0.345 e. The molecule has 1 N–H and O–H groups in total. The molecule has 1 aromatic heterocycles. The number of carbonyl (C=O) groups excluding carboxylic acids is 2. The highest BCUT2D eigenvalue weighted by Crippen LogP contribution is 2.41. The van der Waals surface area contributed by atoms with Gasteiger partial charge in [-0.25, -0.2) is 4.98 Å². The first-order chi connectivity index (χ1) is 20.7. The van der Waals surface area contributed by atoms with Crippen molar-refractivity contribution in [2.45, 2.75) is 79.8 Å². The lowest BCUT2D eigenvalue weighted by molar-refractivity contribution is -0.128. The molecule has 0 spiro atoms. The summed E-state index contributed by atoms with van der Waals surface area (Å²) in [5.74, 6) is 0.475. The van der Waals surface area contributed by atoms with Crippen LogP contribution in [0.1, 0.15) is 94.8 Å². The van der Waals surface area contributed by atoms with E-state index in [0.717, 1.165) is 52.5 Å². The number of nitrogens with one attached hydrogen (secondary N) is 1. The van der Waals surface area contributed by atoms with Gasteiger partial charge in [0.05, 0.1) is 22.8 Å². The molecule has 3 aromatic carbocycles. The quantitative estimate of drug-likeness (QED) is 0.243. The lowest BCUT2D eigenvalue weighted by Crippen LogP contribution is -2.32. The first-order valence-corrected chi connectivity index (χ1v) is 15.8. The summed E-state index contributed by atoms with van der Waals surface area (Å²) in [6.45, 7) is 13.1. The lowest BCUT2D eigenvalue weighted by Gasteiger charge is -2.24. The van der Waals surface area contributed by atoms with Crippen LogP contribution in [0.3, 0.4) is 0 Å². The number of amides is 2. The van der Waals surface area contributed by atoms with Gasteiger partial charge in [0.1, 0.15) is 0 Å². The average molecular weight is 566 g/mol. The molecule has 2 fully saturated rings. The predicted octanol–water partition coefficient (Wildman–Crippen LogP) is 8.98. The summed E-state index contributed by atoms with van der Waals surface area (Å²) in [7, 11) is 0. The monoisotopic (exact) mass is 565 g/mol. The van der Waals surface area contributed by atoms with Crippen LogP contribution in [0.15, 0.2) is 84.9 Å². The maximum Gasteiger partial charge on any atom is 0.252 e. The van der Waals surface area contributed by atoms with Crippen molar-refractivity contribution in [1.29, 1.82) is 0 Å². The van der Waals surface area contributed by atoms with Gasteiger partial charge in [-0.15, -0.1) is 0 Å². The van der Waals surface area contributed by atoms with E-state index in [1.807, 2.05) is 119 Å². The second-order valence-electron chi connectivity index (χ2n) is 9.82. The summed E-state index contributed by atoms with van der Waals surface area (Å²) in [5, 5.41) is 4.21. The summed E-state index contributed by atoms with van der Waals surface area (Å²) in [6, 6.07) is 28.0. The van der Waals surface area contributed by atoms with Crippen LogP contribution >= 0.6 is 0 Å². The number of likely N-dealkylation sites (tertiary alicyclic amines) is 1. The Hall–Kier alpha value is -3.99. The molecule has 42 heavy (non-hydrogen) atoms. The summed E-state index contributed by atoms with van der Waals surface area (Å²) in [6.07, 6.45) is 3.63. The Morgan fingerprint density at radius 2 is 1.45 bits per heavy atom. The first-order valence-electron chi connectivity index (χ1n) is 15.8. The van der Waals surface area contributed by atoms with Gasteiger partial charge >= 0.3 is 0 Å². The van der Waals surface area contributed by atoms with Crippen LogP contribution in [0, 0.1) is 5.92 Å². The highest BCUT2D eigenvalue weighted by atomic mass is 16.2. The number of para-hydroxylation sites is 1. The van der Waals surface area contributed by atoms with Gasteiger partial charge in [-0.1, -0.05) is 120 Å². The molecule has 4 aromatic rings. The van der Waals surface area contributed by atoms with Crippen molar-refractivity contribution in [2.24, 2.45) is 5.92 Å². The topological polar surface area (TPSA) is 62.3 Å². The van der Waals surface area contributed by atoms with E-state index in [4.69, 9.17) is 4.98 Å². The zero-order valence-corrected chi connectivity index (χ0v) is 26.2. The fourth-order valence-electron chi connectivity index (χ4n) is 5.34. The maximum atomic E-state index is 14.2. The van der Waals surface area contributed by atoms with Gasteiger partial charge in [-0.3, -0.25) is 9.59 Å². The molecule has 2 heterocycles. The molecular weight excluding hydrogens is 518 g/mol. The van der Waals surface area contributed by atoms with Crippen LogP contribution in [0.2, 0.25) is 0 Å².